The van der Waals surface area contributed by atoms with Crippen LogP contribution in [0.3, 0.4) is 0 Å². The van der Waals surface area contributed by atoms with Gasteiger partial charge in [0.05, 0.1) is 6.26 Å². The van der Waals surface area contributed by atoms with Crippen LogP contribution in [0.5, 0.6) is 5.75 Å². The number of anilines is 1. The maximum absolute atomic E-state index is 12.1. The van der Waals surface area contributed by atoms with Gasteiger partial charge in [-0.25, -0.2) is 8.42 Å². The first-order valence-corrected chi connectivity index (χ1v) is 9.42. The molecule has 132 valence electrons. The summed E-state index contributed by atoms with van der Waals surface area (Å²) in [6.45, 7) is 1.24. The lowest BCUT2D eigenvalue weighted by molar-refractivity contribution is -0.133. The fraction of sp³-hybridized carbons (Fsp3) is 0.467. The lowest BCUT2D eigenvalue weighted by Gasteiger charge is -2.33. The van der Waals surface area contributed by atoms with E-state index in [1.54, 1.807) is 17.0 Å². The highest BCUT2D eigenvalue weighted by atomic mass is 32.2. The molecular formula is C15H21N3O5S. The zero-order chi connectivity index (χ0) is 17.7. The van der Waals surface area contributed by atoms with E-state index in [1.165, 1.54) is 16.4 Å². The number of phenolic OH excluding ortho intramolecular Hbond substituents is 1. The summed E-state index contributed by atoms with van der Waals surface area (Å²) in [5.41, 5.74) is 0.548. The normalized spacial score (nSPS) is 16.0. The number of amides is 2. The largest absolute Gasteiger partial charge is 0.508 e. The lowest BCUT2D eigenvalue weighted by Crippen LogP contribution is -2.50. The Morgan fingerprint density at radius 3 is 2.21 bits per heavy atom. The third-order valence-electron chi connectivity index (χ3n) is 3.78. The van der Waals surface area contributed by atoms with Crippen LogP contribution in [0.2, 0.25) is 0 Å². The highest BCUT2D eigenvalue weighted by Gasteiger charge is 2.25. The van der Waals surface area contributed by atoms with Crippen molar-refractivity contribution in [2.75, 3.05) is 37.8 Å². The summed E-state index contributed by atoms with van der Waals surface area (Å²) in [7, 11) is -3.22. The first kappa shape index (κ1) is 18.2. The average molecular weight is 355 g/mol. The van der Waals surface area contributed by atoms with Gasteiger partial charge in [-0.2, -0.15) is 4.31 Å². The van der Waals surface area contributed by atoms with Gasteiger partial charge in [-0.05, 0) is 24.3 Å². The zero-order valence-corrected chi connectivity index (χ0v) is 14.3. The number of nitrogens with one attached hydrogen (secondary N) is 1. The Balaban J connectivity index is 1.75. The van der Waals surface area contributed by atoms with Gasteiger partial charge in [0.2, 0.25) is 21.8 Å². The maximum atomic E-state index is 12.1. The number of aromatic hydroxyl groups is 1. The topological polar surface area (TPSA) is 107 Å². The molecule has 2 N–H and O–H groups in total. The Labute approximate surface area is 141 Å². The molecule has 9 heteroatoms. The SMILES string of the molecule is CS(=O)(=O)N1CCN(C(=O)CCC(=O)Nc2ccc(O)cc2)CC1. The van der Waals surface area contributed by atoms with Crippen LogP contribution in [-0.2, 0) is 19.6 Å². The molecule has 0 aromatic heterocycles. The molecular weight excluding hydrogens is 334 g/mol. The molecule has 1 aliphatic rings. The minimum absolute atomic E-state index is 0.0476. The van der Waals surface area contributed by atoms with E-state index in [0.717, 1.165) is 6.26 Å². The lowest BCUT2D eigenvalue weighted by atomic mass is 10.2. The number of carbonyl (C=O) groups excluding carboxylic acids is 2. The Morgan fingerprint density at radius 1 is 1.08 bits per heavy atom. The second kappa shape index (κ2) is 7.63. The van der Waals surface area contributed by atoms with Crippen LogP contribution in [0, 0.1) is 0 Å². The van der Waals surface area contributed by atoms with Crippen LogP contribution < -0.4 is 5.32 Å². The first-order valence-electron chi connectivity index (χ1n) is 7.57. The van der Waals surface area contributed by atoms with E-state index in [4.69, 9.17) is 0 Å². The summed E-state index contributed by atoms with van der Waals surface area (Å²) < 4.78 is 24.2. The van der Waals surface area contributed by atoms with Gasteiger partial charge < -0.3 is 15.3 Å². The molecule has 1 aromatic carbocycles. The van der Waals surface area contributed by atoms with E-state index in [2.05, 4.69) is 5.32 Å². The number of nitrogens with zero attached hydrogens (tertiary/aromatic N) is 2. The molecule has 8 nitrogen and oxygen atoms in total. The van der Waals surface area contributed by atoms with Crippen molar-refractivity contribution in [2.45, 2.75) is 12.8 Å². The molecule has 24 heavy (non-hydrogen) atoms. The third kappa shape index (κ3) is 5.20. The highest BCUT2D eigenvalue weighted by molar-refractivity contribution is 7.88. The van der Waals surface area contributed by atoms with Crippen LogP contribution in [0.15, 0.2) is 24.3 Å². The van der Waals surface area contributed by atoms with Crippen molar-refractivity contribution < 1.29 is 23.1 Å². The number of hydrogen-bond donors (Lipinski definition) is 2. The number of benzene rings is 1. The number of rotatable bonds is 5. The van der Waals surface area contributed by atoms with Crippen LogP contribution in [-0.4, -0.2) is 67.0 Å². The van der Waals surface area contributed by atoms with E-state index < -0.39 is 10.0 Å². The molecule has 1 aromatic rings. The van der Waals surface area contributed by atoms with Gasteiger partial charge in [0.15, 0.2) is 0 Å². The standard InChI is InChI=1S/C15H21N3O5S/c1-24(22,23)18-10-8-17(9-11-18)15(21)7-6-14(20)16-12-2-4-13(19)5-3-12/h2-5,19H,6-11H2,1H3,(H,16,20). The van der Waals surface area contributed by atoms with E-state index >= 15 is 0 Å². The third-order valence-corrected chi connectivity index (χ3v) is 5.08. The number of sulfonamides is 1. The van der Waals surface area contributed by atoms with Gasteiger partial charge in [-0.15, -0.1) is 0 Å². The Kier molecular flexibility index (Phi) is 5.79. The van der Waals surface area contributed by atoms with Crippen LogP contribution >= 0.6 is 0 Å². The molecule has 2 amide bonds. The molecule has 0 bridgehead atoms. The Morgan fingerprint density at radius 2 is 1.67 bits per heavy atom. The molecule has 0 unspecified atom stereocenters. The summed E-state index contributed by atoms with van der Waals surface area (Å²) in [4.78, 5) is 25.5. The predicted molar refractivity (Wildman–Crippen MR) is 89.0 cm³/mol. The molecule has 1 heterocycles. The molecule has 0 radical (unpaired) electrons. The summed E-state index contributed by atoms with van der Waals surface area (Å²) in [5.74, 6) is -0.343. The molecule has 0 aliphatic carbocycles. The van der Waals surface area contributed by atoms with Crippen LogP contribution in [0.1, 0.15) is 12.8 Å². The number of piperazine rings is 1. The van der Waals surface area contributed by atoms with Crippen molar-refractivity contribution in [1.29, 1.82) is 0 Å². The molecule has 0 saturated carbocycles. The molecule has 0 atom stereocenters. The predicted octanol–water partition coefficient (Wildman–Crippen LogP) is 0.215. The smallest absolute Gasteiger partial charge is 0.224 e. The number of phenols is 1. The van der Waals surface area contributed by atoms with E-state index in [0.29, 0.717) is 18.8 Å². The van der Waals surface area contributed by atoms with E-state index in [9.17, 15) is 23.1 Å². The molecule has 1 saturated heterocycles. The highest BCUT2D eigenvalue weighted by Crippen LogP contribution is 2.14. The molecule has 2 rings (SSSR count). The van der Waals surface area contributed by atoms with Crippen LogP contribution in [0.25, 0.3) is 0 Å². The van der Waals surface area contributed by atoms with Gasteiger partial charge in [0.1, 0.15) is 5.75 Å². The van der Waals surface area contributed by atoms with Crippen molar-refractivity contribution in [2.24, 2.45) is 0 Å². The minimum Gasteiger partial charge on any atom is -0.508 e. The van der Waals surface area contributed by atoms with Gasteiger partial charge in [0, 0.05) is 44.7 Å². The fourth-order valence-corrected chi connectivity index (χ4v) is 3.24. The molecule has 1 aliphatic heterocycles. The van der Waals surface area contributed by atoms with Crippen molar-refractivity contribution in [3.63, 3.8) is 0 Å². The van der Waals surface area contributed by atoms with Crippen molar-refractivity contribution in [1.82, 2.24) is 9.21 Å². The number of hydrogen-bond acceptors (Lipinski definition) is 5. The van der Waals surface area contributed by atoms with Gasteiger partial charge in [0.25, 0.3) is 0 Å². The molecule has 1 fully saturated rings. The quantitative estimate of drug-likeness (QED) is 0.735. The summed E-state index contributed by atoms with van der Waals surface area (Å²) >= 11 is 0. The average Bonchev–Trinajstić information content (AvgIpc) is 2.54. The summed E-state index contributed by atoms with van der Waals surface area (Å²) in [6.07, 6.45) is 1.27. The van der Waals surface area contributed by atoms with Crippen molar-refractivity contribution in [3.05, 3.63) is 24.3 Å². The Bertz CT molecular complexity index is 694. The number of carbonyl (C=O) groups is 2. The van der Waals surface area contributed by atoms with Gasteiger partial charge in [-0.3, -0.25) is 9.59 Å². The van der Waals surface area contributed by atoms with Crippen molar-refractivity contribution >= 4 is 27.5 Å². The van der Waals surface area contributed by atoms with Gasteiger partial charge >= 0.3 is 0 Å². The monoisotopic (exact) mass is 355 g/mol. The van der Waals surface area contributed by atoms with Crippen molar-refractivity contribution in [3.8, 4) is 5.75 Å². The second-order valence-corrected chi connectivity index (χ2v) is 7.62. The summed E-state index contributed by atoms with van der Waals surface area (Å²) in [6, 6.07) is 6.06. The molecule has 0 spiro atoms. The van der Waals surface area contributed by atoms with E-state index in [-0.39, 0.29) is 43.5 Å². The minimum atomic E-state index is -3.22. The van der Waals surface area contributed by atoms with Crippen LogP contribution in [0.4, 0.5) is 5.69 Å². The van der Waals surface area contributed by atoms with Gasteiger partial charge in [-0.1, -0.05) is 0 Å². The fourth-order valence-electron chi connectivity index (χ4n) is 2.42. The Hall–Kier alpha value is -2.13. The first-order chi connectivity index (χ1) is 11.3. The second-order valence-electron chi connectivity index (χ2n) is 5.64. The van der Waals surface area contributed by atoms with E-state index in [1.807, 2.05) is 0 Å². The summed E-state index contributed by atoms with van der Waals surface area (Å²) in [5, 5.41) is 11.8. The maximum Gasteiger partial charge on any atom is 0.224 e. The zero-order valence-electron chi connectivity index (χ0n) is 13.4.